The molecule has 2 N–H and O–H groups in total. The second-order valence-electron chi connectivity index (χ2n) is 5.84. The van der Waals surface area contributed by atoms with Gasteiger partial charge in [-0.25, -0.2) is 0 Å². The SMILES string of the molecule is Cc1ccccc1CN(C)C1CCC(N)(C#N)CC1. The Kier molecular flexibility index (Phi) is 4.24. The first-order valence-corrected chi connectivity index (χ1v) is 6.99. The minimum Gasteiger partial charge on any atom is -0.313 e. The van der Waals surface area contributed by atoms with Crippen LogP contribution in [0.5, 0.6) is 0 Å². The van der Waals surface area contributed by atoms with Crippen molar-refractivity contribution in [3.05, 3.63) is 35.4 Å². The number of hydrogen-bond acceptors (Lipinski definition) is 3. The summed E-state index contributed by atoms with van der Waals surface area (Å²) < 4.78 is 0. The highest BCUT2D eigenvalue weighted by Gasteiger charge is 2.32. The Balaban J connectivity index is 1.94. The van der Waals surface area contributed by atoms with Gasteiger partial charge >= 0.3 is 0 Å². The monoisotopic (exact) mass is 257 g/mol. The predicted octanol–water partition coefficient (Wildman–Crippen LogP) is 2.59. The fourth-order valence-electron chi connectivity index (χ4n) is 2.86. The zero-order valence-corrected chi connectivity index (χ0v) is 11.9. The average molecular weight is 257 g/mol. The second kappa shape index (κ2) is 5.73. The van der Waals surface area contributed by atoms with Gasteiger partial charge in [-0.05, 0) is 50.8 Å². The summed E-state index contributed by atoms with van der Waals surface area (Å²) in [7, 11) is 2.17. The molecule has 0 heterocycles. The van der Waals surface area contributed by atoms with Gasteiger partial charge in [-0.3, -0.25) is 4.90 Å². The van der Waals surface area contributed by atoms with E-state index >= 15 is 0 Å². The van der Waals surface area contributed by atoms with Crippen molar-refractivity contribution in [2.75, 3.05) is 7.05 Å². The van der Waals surface area contributed by atoms with E-state index in [1.165, 1.54) is 11.1 Å². The van der Waals surface area contributed by atoms with Gasteiger partial charge < -0.3 is 5.73 Å². The maximum Gasteiger partial charge on any atom is 0.104 e. The van der Waals surface area contributed by atoms with Crippen molar-refractivity contribution in [2.45, 2.75) is 50.7 Å². The highest BCUT2D eigenvalue weighted by molar-refractivity contribution is 5.25. The van der Waals surface area contributed by atoms with E-state index in [0.29, 0.717) is 6.04 Å². The van der Waals surface area contributed by atoms with Crippen molar-refractivity contribution in [2.24, 2.45) is 5.73 Å². The topological polar surface area (TPSA) is 53.0 Å². The molecule has 1 aromatic carbocycles. The van der Waals surface area contributed by atoms with E-state index in [1.807, 2.05) is 0 Å². The van der Waals surface area contributed by atoms with E-state index in [4.69, 9.17) is 11.0 Å². The number of benzene rings is 1. The Morgan fingerprint density at radius 3 is 2.58 bits per heavy atom. The molecule has 0 atom stereocenters. The molecule has 102 valence electrons. The van der Waals surface area contributed by atoms with Gasteiger partial charge in [0.05, 0.1) is 6.07 Å². The molecular formula is C16H23N3. The van der Waals surface area contributed by atoms with Crippen LogP contribution >= 0.6 is 0 Å². The molecule has 0 aromatic heterocycles. The van der Waals surface area contributed by atoms with E-state index in [2.05, 4.69) is 49.2 Å². The Morgan fingerprint density at radius 2 is 2.00 bits per heavy atom. The maximum atomic E-state index is 9.06. The number of aryl methyl sites for hydroxylation is 1. The molecule has 2 rings (SSSR count). The minimum absolute atomic E-state index is 0.546. The molecule has 3 heteroatoms. The summed E-state index contributed by atoms with van der Waals surface area (Å²) in [5, 5.41) is 9.06. The molecule has 1 aromatic rings. The lowest BCUT2D eigenvalue weighted by atomic mass is 9.80. The molecule has 1 aliphatic rings. The second-order valence-corrected chi connectivity index (χ2v) is 5.84. The standard InChI is InChI=1S/C16H23N3/c1-13-5-3-4-6-14(13)11-19(2)15-7-9-16(18,12-17)10-8-15/h3-6,15H,7-11,18H2,1-2H3. The van der Waals surface area contributed by atoms with Gasteiger partial charge in [0.25, 0.3) is 0 Å². The normalized spacial score (nSPS) is 27.2. The molecule has 0 radical (unpaired) electrons. The molecule has 0 aliphatic heterocycles. The molecule has 1 fully saturated rings. The van der Waals surface area contributed by atoms with Gasteiger partial charge in [0, 0.05) is 12.6 Å². The summed E-state index contributed by atoms with van der Waals surface area (Å²) >= 11 is 0. The minimum atomic E-state index is -0.583. The molecule has 3 nitrogen and oxygen atoms in total. The molecule has 0 saturated heterocycles. The van der Waals surface area contributed by atoms with Gasteiger partial charge in [-0.1, -0.05) is 24.3 Å². The third kappa shape index (κ3) is 3.34. The largest absolute Gasteiger partial charge is 0.313 e. The summed E-state index contributed by atoms with van der Waals surface area (Å²) in [6, 6.07) is 11.3. The molecule has 0 unspecified atom stereocenters. The van der Waals surface area contributed by atoms with Crippen LogP contribution in [0.25, 0.3) is 0 Å². The first kappa shape index (κ1) is 14.0. The van der Waals surface area contributed by atoms with Gasteiger partial charge in [0.1, 0.15) is 5.54 Å². The van der Waals surface area contributed by atoms with Gasteiger partial charge in [0.15, 0.2) is 0 Å². The van der Waals surface area contributed by atoms with Crippen LogP contribution in [-0.4, -0.2) is 23.5 Å². The Bertz CT molecular complexity index is 467. The van der Waals surface area contributed by atoms with Gasteiger partial charge in [0.2, 0.25) is 0 Å². The number of rotatable bonds is 3. The Hall–Kier alpha value is -1.37. The van der Waals surface area contributed by atoms with Crippen LogP contribution in [-0.2, 0) is 6.54 Å². The number of nitrogens with zero attached hydrogens (tertiary/aromatic N) is 2. The number of nitrogens with two attached hydrogens (primary N) is 1. The fraction of sp³-hybridized carbons (Fsp3) is 0.562. The van der Waals surface area contributed by atoms with Crippen molar-refractivity contribution < 1.29 is 0 Å². The number of nitriles is 1. The van der Waals surface area contributed by atoms with E-state index in [1.54, 1.807) is 0 Å². The zero-order chi connectivity index (χ0) is 13.9. The summed E-state index contributed by atoms with van der Waals surface area (Å²) in [4.78, 5) is 2.40. The first-order chi connectivity index (χ1) is 9.04. The van der Waals surface area contributed by atoms with E-state index in [9.17, 15) is 0 Å². The zero-order valence-electron chi connectivity index (χ0n) is 11.9. The molecule has 0 bridgehead atoms. The van der Waals surface area contributed by atoms with Crippen LogP contribution in [0.2, 0.25) is 0 Å². The van der Waals surface area contributed by atoms with E-state index < -0.39 is 5.54 Å². The van der Waals surface area contributed by atoms with E-state index in [-0.39, 0.29) is 0 Å². The van der Waals surface area contributed by atoms with Crippen LogP contribution in [0.15, 0.2) is 24.3 Å². The molecule has 0 spiro atoms. The quantitative estimate of drug-likeness (QED) is 0.905. The fourth-order valence-corrected chi connectivity index (χ4v) is 2.86. The van der Waals surface area contributed by atoms with E-state index in [0.717, 1.165) is 32.2 Å². The van der Waals surface area contributed by atoms with Crippen LogP contribution < -0.4 is 5.73 Å². The van der Waals surface area contributed by atoms with Gasteiger partial charge in [-0.2, -0.15) is 5.26 Å². The molecule has 19 heavy (non-hydrogen) atoms. The van der Waals surface area contributed by atoms with Gasteiger partial charge in [-0.15, -0.1) is 0 Å². The molecule has 1 aliphatic carbocycles. The first-order valence-electron chi connectivity index (χ1n) is 6.99. The smallest absolute Gasteiger partial charge is 0.104 e. The lowest BCUT2D eigenvalue weighted by Crippen LogP contribution is -2.46. The summed E-state index contributed by atoms with van der Waals surface area (Å²) in [6.07, 6.45) is 3.66. The van der Waals surface area contributed by atoms with Crippen molar-refractivity contribution in [1.29, 1.82) is 5.26 Å². The Labute approximate surface area is 116 Å². The summed E-state index contributed by atoms with van der Waals surface area (Å²) in [5.41, 5.74) is 8.16. The lowest BCUT2D eigenvalue weighted by Gasteiger charge is -2.37. The molecular weight excluding hydrogens is 234 g/mol. The lowest BCUT2D eigenvalue weighted by molar-refractivity contribution is 0.161. The van der Waals surface area contributed by atoms with Crippen LogP contribution in [0.4, 0.5) is 0 Å². The van der Waals surface area contributed by atoms with Crippen LogP contribution in [0.1, 0.15) is 36.8 Å². The molecule has 1 saturated carbocycles. The molecule has 0 amide bonds. The highest BCUT2D eigenvalue weighted by Crippen LogP contribution is 2.29. The van der Waals surface area contributed by atoms with Crippen molar-refractivity contribution in [1.82, 2.24) is 4.90 Å². The third-order valence-corrected chi connectivity index (χ3v) is 4.37. The van der Waals surface area contributed by atoms with Crippen molar-refractivity contribution >= 4 is 0 Å². The van der Waals surface area contributed by atoms with Crippen LogP contribution in [0, 0.1) is 18.3 Å². The third-order valence-electron chi connectivity index (χ3n) is 4.37. The predicted molar refractivity (Wildman–Crippen MR) is 77.4 cm³/mol. The summed E-state index contributed by atoms with van der Waals surface area (Å²) in [5.74, 6) is 0. The number of hydrogen-bond donors (Lipinski definition) is 1. The Morgan fingerprint density at radius 1 is 1.37 bits per heavy atom. The van der Waals surface area contributed by atoms with Crippen molar-refractivity contribution in [3.63, 3.8) is 0 Å². The van der Waals surface area contributed by atoms with Crippen LogP contribution in [0.3, 0.4) is 0 Å². The summed E-state index contributed by atoms with van der Waals surface area (Å²) in [6.45, 7) is 3.13. The maximum absolute atomic E-state index is 9.06. The highest BCUT2D eigenvalue weighted by atomic mass is 15.1. The van der Waals surface area contributed by atoms with Crippen molar-refractivity contribution in [3.8, 4) is 6.07 Å². The average Bonchev–Trinajstić information content (AvgIpc) is 2.42.